The largest absolute Gasteiger partial charge is 0.308 e. The minimum atomic E-state index is -0.00355. The van der Waals surface area contributed by atoms with Gasteiger partial charge >= 0.3 is 0 Å². The van der Waals surface area contributed by atoms with Crippen LogP contribution in [0.5, 0.6) is 0 Å². The molecule has 0 radical (unpaired) electrons. The highest BCUT2D eigenvalue weighted by Gasteiger charge is 2.45. The van der Waals surface area contributed by atoms with Crippen LogP contribution < -0.4 is 0 Å². The summed E-state index contributed by atoms with van der Waals surface area (Å²) in [6.07, 6.45) is 10.8. The second-order valence-corrected chi connectivity index (χ2v) is 23.7. The summed E-state index contributed by atoms with van der Waals surface area (Å²) in [4.78, 5) is 14.4. The third-order valence-electron chi connectivity index (χ3n) is 20.2. The van der Waals surface area contributed by atoms with Crippen molar-refractivity contribution in [1.82, 2.24) is 8.80 Å². The van der Waals surface area contributed by atoms with Crippen LogP contribution in [0, 0.1) is 17.2 Å². The molecular formula is C71H49N3O. The molecule has 75 heavy (non-hydrogen) atoms. The monoisotopic (exact) mass is 959 g/mol. The number of hydrogen-bond donors (Lipinski definition) is 0. The van der Waals surface area contributed by atoms with Crippen LogP contribution in [-0.4, -0.2) is 14.6 Å². The number of fused-ring (bicyclic) bond motifs is 28. The number of hydrogen-bond acceptors (Lipinski definition) is 2. The summed E-state index contributed by atoms with van der Waals surface area (Å²) in [5, 5.41) is 22.2. The van der Waals surface area contributed by atoms with Gasteiger partial charge in [0.2, 0.25) is 0 Å². The first-order valence-corrected chi connectivity index (χ1v) is 27.9. The molecule has 9 aromatic carbocycles. The van der Waals surface area contributed by atoms with Crippen molar-refractivity contribution in [2.45, 2.75) is 88.4 Å². The first-order chi connectivity index (χ1) is 37.0. The van der Waals surface area contributed by atoms with Gasteiger partial charge in [0.15, 0.2) is 5.78 Å². The first-order valence-electron chi connectivity index (χ1n) is 27.9. The van der Waals surface area contributed by atoms with E-state index >= 15 is 0 Å². The molecule has 354 valence electrons. The zero-order chi connectivity index (χ0) is 48.7. The van der Waals surface area contributed by atoms with Crippen molar-refractivity contribution < 1.29 is 4.79 Å². The molecule has 2 atom stereocenters. The van der Waals surface area contributed by atoms with Crippen molar-refractivity contribution >= 4 is 82.0 Å². The number of nitrogens with zero attached hydrogens (tertiary/aromatic N) is 3. The molecule has 13 aromatic rings. The zero-order valence-corrected chi connectivity index (χ0v) is 41.6. The Bertz CT molecular complexity index is 4830. The molecule has 7 aliphatic rings. The van der Waals surface area contributed by atoms with Crippen molar-refractivity contribution in [2.75, 3.05) is 0 Å². The summed E-state index contributed by atoms with van der Waals surface area (Å²) < 4.78 is 5.26. The average Bonchev–Trinajstić information content (AvgIpc) is 4.39. The van der Waals surface area contributed by atoms with Gasteiger partial charge in [0.25, 0.3) is 0 Å². The molecular weight excluding hydrogens is 911 g/mol. The van der Waals surface area contributed by atoms with E-state index in [0.717, 1.165) is 87.3 Å². The topological polar surface area (TPSA) is 49.7 Å². The zero-order valence-electron chi connectivity index (χ0n) is 41.6. The summed E-state index contributed by atoms with van der Waals surface area (Å²) in [7, 11) is 0. The van der Waals surface area contributed by atoms with E-state index in [9.17, 15) is 10.1 Å². The van der Waals surface area contributed by atoms with Gasteiger partial charge in [-0.2, -0.15) is 5.26 Å². The number of carbonyl (C=O) groups is 1. The van der Waals surface area contributed by atoms with Gasteiger partial charge in [-0.05, 0) is 190 Å². The Balaban J connectivity index is 0.989. The minimum absolute atomic E-state index is 0.00355. The van der Waals surface area contributed by atoms with Gasteiger partial charge in [-0.3, -0.25) is 4.79 Å². The fourth-order valence-electron chi connectivity index (χ4n) is 17.2. The van der Waals surface area contributed by atoms with Crippen LogP contribution in [0.1, 0.15) is 136 Å². The summed E-state index contributed by atoms with van der Waals surface area (Å²) in [6.45, 7) is 0. The number of aromatic nitrogens is 2. The molecule has 4 nitrogen and oxygen atoms in total. The summed E-state index contributed by atoms with van der Waals surface area (Å²) in [5.41, 5.74) is 29.8. The van der Waals surface area contributed by atoms with E-state index in [2.05, 4.69) is 154 Å². The first kappa shape index (κ1) is 40.2. The fourth-order valence-corrected chi connectivity index (χ4v) is 17.2. The van der Waals surface area contributed by atoms with Crippen molar-refractivity contribution in [3.05, 3.63) is 234 Å². The van der Waals surface area contributed by atoms with Crippen LogP contribution in [0.15, 0.2) is 140 Å². The maximum Gasteiger partial charge on any atom is 0.166 e. The summed E-state index contributed by atoms with van der Waals surface area (Å²) in [5.74, 6) is 0.981. The number of benzene rings is 9. The molecule has 7 aliphatic carbocycles. The van der Waals surface area contributed by atoms with Gasteiger partial charge in [0, 0.05) is 66.4 Å². The van der Waals surface area contributed by atoms with Crippen molar-refractivity contribution in [1.29, 1.82) is 5.26 Å². The smallest absolute Gasteiger partial charge is 0.166 e. The normalized spacial score (nSPS) is 20.2. The third-order valence-corrected chi connectivity index (χ3v) is 20.2. The van der Waals surface area contributed by atoms with E-state index in [4.69, 9.17) is 0 Å². The molecule has 0 spiro atoms. The van der Waals surface area contributed by atoms with E-state index in [0.29, 0.717) is 11.7 Å². The Kier molecular flexibility index (Phi) is 7.45. The predicted octanol–water partition coefficient (Wildman–Crippen LogP) is 15.7. The lowest BCUT2D eigenvalue weighted by atomic mass is 9.59. The van der Waals surface area contributed by atoms with Gasteiger partial charge in [-0.25, -0.2) is 0 Å². The minimum Gasteiger partial charge on any atom is -0.308 e. The molecule has 2 unspecified atom stereocenters. The number of carbonyl (C=O) groups excluding carboxylic acids is 1. The number of nitriles is 1. The average molecular weight is 960 g/mol. The molecule has 0 aliphatic heterocycles. The molecule has 12 bridgehead atoms. The van der Waals surface area contributed by atoms with Crippen LogP contribution >= 0.6 is 0 Å². The van der Waals surface area contributed by atoms with Crippen LogP contribution in [0.4, 0.5) is 0 Å². The number of Topliss-reactive ketones (excluding diaryl/α,β-unsaturated/α-hetero) is 1. The van der Waals surface area contributed by atoms with Gasteiger partial charge in [-0.1, -0.05) is 109 Å². The highest BCUT2D eigenvalue weighted by atomic mass is 16.1. The lowest BCUT2D eigenvalue weighted by Crippen LogP contribution is -2.28. The highest BCUT2D eigenvalue weighted by Crippen LogP contribution is 2.60. The van der Waals surface area contributed by atoms with E-state index < -0.39 is 0 Å². The van der Waals surface area contributed by atoms with Gasteiger partial charge < -0.3 is 8.80 Å². The molecule has 4 aromatic heterocycles. The molecule has 0 amide bonds. The second kappa shape index (κ2) is 13.9. The second-order valence-electron chi connectivity index (χ2n) is 23.7. The van der Waals surface area contributed by atoms with Gasteiger partial charge in [-0.15, -0.1) is 0 Å². The van der Waals surface area contributed by atoms with Crippen molar-refractivity contribution in [3.8, 4) is 6.07 Å². The lowest BCUT2D eigenvalue weighted by Gasteiger charge is -2.43. The number of rotatable bonds is 0. The van der Waals surface area contributed by atoms with Crippen LogP contribution in [0.25, 0.3) is 76.2 Å². The Morgan fingerprint density at radius 3 is 1.43 bits per heavy atom. The van der Waals surface area contributed by atoms with E-state index in [1.165, 1.54) is 154 Å². The molecule has 4 heteroatoms. The van der Waals surface area contributed by atoms with Crippen molar-refractivity contribution in [2.24, 2.45) is 5.92 Å². The molecule has 0 N–H and O–H groups in total. The molecule has 20 rings (SSSR count). The maximum atomic E-state index is 14.4. The highest BCUT2D eigenvalue weighted by molar-refractivity contribution is 6.31. The Labute approximate surface area is 433 Å². The molecule has 0 saturated heterocycles. The summed E-state index contributed by atoms with van der Waals surface area (Å²) >= 11 is 0. The Hall–Kier alpha value is -8.26. The third kappa shape index (κ3) is 4.93. The predicted molar refractivity (Wildman–Crippen MR) is 302 cm³/mol. The number of ketones is 1. The maximum absolute atomic E-state index is 14.4. The SMILES string of the molecule is N#Cc1cc2c(c3c1C1c4ccccc4C3c3ccccc31)c1c3cc(c4c5cc6c(cc5n2c41)c1c2cc(c4c5cc7c(cc5n6c41)C(=O)C1CCC7C1)CCc1cccc(c1)CC2)CCc1cccc(c1)CC3. The van der Waals surface area contributed by atoms with E-state index in [-0.39, 0.29) is 17.8 Å². The molecule has 1 saturated carbocycles. The summed E-state index contributed by atoms with van der Waals surface area (Å²) in [6, 6.07) is 57.2. The molecule has 4 heterocycles. The number of aryl methyl sites for hydroxylation is 8. The fraction of sp³-hybridized carbons (Fsp3) is 0.211. The Morgan fingerprint density at radius 1 is 0.413 bits per heavy atom. The molecule has 1 fully saturated rings. The standard InChI is InChI=1S/C71H49N3O/c72-35-46-30-59-67(68-63(46)65-47-11-1-3-13-49(47)66(68)50-14-4-2-12-48(50)65)64-44-22-18-39-10-6-9-38(26-39)17-21-43(29-44)62-55-33-57-54(34-58(55)74(59)70(62)64)61-42-20-16-37-8-5-7-36(25-37)15-19-41(28-42)60-53-31-51-40-23-24-45(27-40)71(75)52(51)32-56(53)73(57)69(60)61/h1-14,25-26,28-34,40,45,65-66H,15-24,27H2. The van der Waals surface area contributed by atoms with Gasteiger partial charge in [0.05, 0.1) is 44.7 Å². The quantitative estimate of drug-likeness (QED) is 0.152. The Morgan fingerprint density at radius 2 is 0.880 bits per heavy atom. The van der Waals surface area contributed by atoms with Crippen molar-refractivity contribution in [3.63, 3.8) is 0 Å². The van der Waals surface area contributed by atoms with Gasteiger partial charge in [0.1, 0.15) is 0 Å². The van der Waals surface area contributed by atoms with E-state index in [1.54, 1.807) is 0 Å². The van der Waals surface area contributed by atoms with E-state index in [1.807, 2.05) is 0 Å². The van der Waals surface area contributed by atoms with Crippen LogP contribution in [-0.2, 0) is 51.4 Å². The van der Waals surface area contributed by atoms with Crippen LogP contribution in [0.3, 0.4) is 0 Å². The lowest BCUT2D eigenvalue weighted by molar-refractivity contribution is 0.0914. The van der Waals surface area contributed by atoms with Crippen LogP contribution in [0.2, 0.25) is 0 Å².